The van der Waals surface area contributed by atoms with Crippen LogP contribution in [0.5, 0.6) is 11.5 Å². The smallest absolute Gasteiger partial charge is 0.379 e. The molecule has 1 aliphatic rings. The molecular formula is C15H7F4NO4S. The van der Waals surface area contributed by atoms with E-state index in [0.717, 1.165) is 24.3 Å². The van der Waals surface area contributed by atoms with Crippen LogP contribution in [0.4, 0.5) is 17.6 Å². The van der Waals surface area contributed by atoms with Gasteiger partial charge < -0.3 is 9.84 Å². The molecule has 130 valence electrons. The summed E-state index contributed by atoms with van der Waals surface area (Å²) in [6.45, 7) is 0. The topological polar surface area (TPSA) is 87.4 Å². The van der Waals surface area contributed by atoms with E-state index in [4.69, 9.17) is 4.74 Å². The Bertz CT molecular complexity index is 1010. The van der Waals surface area contributed by atoms with Crippen molar-refractivity contribution in [3.63, 3.8) is 0 Å². The molecule has 1 aliphatic heterocycles. The standard InChI is InChI=1S/C15H7F4NO4S/c16-7-3-8(17)5-9(4-7)24-11-1-2-12-13(10(11)6-20)14(21)15(18,19)25(12,22)23/h1-5,14,21H. The predicted molar refractivity (Wildman–Crippen MR) is 74.7 cm³/mol. The number of hydrogen-bond donors (Lipinski definition) is 1. The van der Waals surface area contributed by atoms with Crippen molar-refractivity contribution in [3.8, 4) is 17.6 Å². The Balaban J connectivity index is 2.18. The van der Waals surface area contributed by atoms with Crippen LogP contribution in [0.3, 0.4) is 0 Å². The summed E-state index contributed by atoms with van der Waals surface area (Å²) < 4.78 is 82.7. The number of aliphatic hydroxyl groups is 1. The van der Waals surface area contributed by atoms with Crippen LogP contribution in [-0.4, -0.2) is 18.8 Å². The Kier molecular flexibility index (Phi) is 3.74. The van der Waals surface area contributed by atoms with Crippen LogP contribution in [0, 0.1) is 23.0 Å². The fourth-order valence-electron chi connectivity index (χ4n) is 2.46. The van der Waals surface area contributed by atoms with Crippen molar-refractivity contribution >= 4 is 9.84 Å². The highest BCUT2D eigenvalue weighted by Gasteiger charge is 2.61. The quantitative estimate of drug-likeness (QED) is 0.818. The van der Waals surface area contributed by atoms with Gasteiger partial charge >= 0.3 is 5.25 Å². The van der Waals surface area contributed by atoms with E-state index in [0.29, 0.717) is 6.07 Å². The highest BCUT2D eigenvalue weighted by atomic mass is 32.2. The molecule has 0 aliphatic carbocycles. The zero-order chi connectivity index (χ0) is 18.6. The molecule has 0 aromatic heterocycles. The molecule has 0 amide bonds. The minimum atomic E-state index is -5.18. The molecule has 5 nitrogen and oxygen atoms in total. The van der Waals surface area contributed by atoms with Gasteiger partial charge in [-0.2, -0.15) is 14.0 Å². The second-order valence-corrected chi connectivity index (χ2v) is 7.13. The summed E-state index contributed by atoms with van der Waals surface area (Å²) in [7, 11) is -5.18. The zero-order valence-electron chi connectivity index (χ0n) is 12.0. The minimum absolute atomic E-state index is 0.379. The molecule has 2 aromatic rings. The summed E-state index contributed by atoms with van der Waals surface area (Å²) in [6.07, 6.45) is -2.77. The molecule has 0 bridgehead atoms. The number of fused-ring (bicyclic) bond motifs is 1. The van der Waals surface area contributed by atoms with Gasteiger partial charge in [0, 0.05) is 23.8 Å². The second-order valence-electron chi connectivity index (χ2n) is 5.14. The van der Waals surface area contributed by atoms with E-state index in [2.05, 4.69) is 0 Å². The molecule has 25 heavy (non-hydrogen) atoms. The lowest BCUT2D eigenvalue weighted by molar-refractivity contribution is -0.0377. The molecule has 1 unspecified atom stereocenters. The van der Waals surface area contributed by atoms with Crippen molar-refractivity contribution in [2.45, 2.75) is 16.3 Å². The van der Waals surface area contributed by atoms with Gasteiger partial charge in [0.2, 0.25) is 9.84 Å². The van der Waals surface area contributed by atoms with Crippen molar-refractivity contribution < 1.29 is 35.8 Å². The number of sulfone groups is 1. The fraction of sp³-hybridized carbons (Fsp3) is 0.133. The average Bonchev–Trinajstić information content (AvgIpc) is 2.64. The van der Waals surface area contributed by atoms with Gasteiger partial charge in [-0.25, -0.2) is 17.2 Å². The fourth-order valence-corrected chi connectivity index (χ4v) is 3.92. The third kappa shape index (κ3) is 2.43. The van der Waals surface area contributed by atoms with Gasteiger partial charge in [-0.15, -0.1) is 0 Å². The van der Waals surface area contributed by atoms with E-state index in [1.165, 1.54) is 6.07 Å². The maximum atomic E-state index is 13.8. The van der Waals surface area contributed by atoms with Gasteiger partial charge in [0.05, 0.1) is 4.90 Å². The first-order valence-corrected chi connectivity index (χ1v) is 8.09. The van der Waals surface area contributed by atoms with Crippen molar-refractivity contribution in [2.75, 3.05) is 0 Å². The first-order chi connectivity index (χ1) is 11.6. The van der Waals surface area contributed by atoms with Crippen molar-refractivity contribution in [1.29, 1.82) is 5.26 Å². The maximum absolute atomic E-state index is 13.8. The Morgan fingerprint density at radius 2 is 1.76 bits per heavy atom. The van der Waals surface area contributed by atoms with Gasteiger partial charge in [0.15, 0.2) is 6.10 Å². The van der Waals surface area contributed by atoms with Gasteiger partial charge in [-0.1, -0.05) is 0 Å². The second kappa shape index (κ2) is 5.44. The van der Waals surface area contributed by atoms with E-state index >= 15 is 0 Å². The van der Waals surface area contributed by atoms with Crippen LogP contribution < -0.4 is 4.74 Å². The number of benzene rings is 2. The van der Waals surface area contributed by atoms with E-state index < -0.39 is 54.6 Å². The summed E-state index contributed by atoms with van der Waals surface area (Å²) in [5.41, 5.74) is -1.49. The summed E-state index contributed by atoms with van der Waals surface area (Å²) >= 11 is 0. The summed E-state index contributed by atoms with van der Waals surface area (Å²) in [4.78, 5) is -0.903. The lowest BCUT2D eigenvalue weighted by Crippen LogP contribution is -2.28. The minimum Gasteiger partial charge on any atom is -0.456 e. The zero-order valence-corrected chi connectivity index (χ0v) is 12.8. The monoisotopic (exact) mass is 373 g/mol. The number of rotatable bonds is 2. The Hall–Kier alpha value is -2.64. The van der Waals surface area contributed by atoms with Gasteiger partial charge in [-0.05, 0) is 12.1 Å². The highest BCUT2D eigenvalue weighted by molar-refractivity contribution is 7.92. The number of alkyl halides is 2. The molecule has 0 fully saturated rings. The predicted octanol–water partition coefficient (Wildman–Crippen LogP) is 3.04. The van der Waals surface area contributed by atoms with Gasteiger partial charge in [-0.3, -0.25) is 0 Å². The lowest BCUT2D eigenvalue weighted by atomic mass is 10.0. The molecule has 0 saturated carbocycles. The van der Waals surface area contributed by atoms with Crippen LogP contribution in [-0.2, 0) is 9.84 Å². The van der Waals surface area contributed by atoms with E-state index in [9.17, 15) is 36.3 Å². The summed E-state index contributed by atoms with van der Waals surface area (Å²) in [6, 6.07) is 5.23. The molecule has 1 heterocycles. The normalized spacial score (nSPS) is 19.9. The number of halogens is 4. The largest absolute Gasteiger partial charge is 0.456 e. The molecule has 2 aromatic carbocycles. The molecule has 1 N–H and O–H groups in total. The molecule has 0 spiro atoms. The lowest BCUT2D eigenvalue weighted by Gasteiger charge is -2.13. The van der Waals surface area contributed by atoms with E-state index in [1.807, 2.05) is 0 Å². The molecule has 3 rings (SSSR count). The summed E-state index contributed by atoms with van der Waals surface area (Å²) in [5.74, 6) is -2.78. The van der Waals surface area contributed by atoms with Crippen molar-refractivity contribution in [1.82, 2.24) is 0 Å². The molecule has 10 heteroatoms. The van der Waals surface area contributed by atoms with E-state index in [1.54, 1.807) is 0 Å². The third-order valence-corrected chi connectivity index (χ3v) is 5.46. The number of nitrogens with zero attached hydrogens (tertiary/aromatic N) is 1. The first kappa shape index (κ1) is 17.2. The Morgan fingerprint density at radius 1 is 1.16 bits per heavy atom. The first-order valence-electron chi connectivity index (χ1n) is 6.61. The SMILES string of the molecule is N#Cc1c(Oc2cc(F)cc(F)c2)ccc2c1C(O)C(F)(F)S2(=O)=O. The molecule has 0 radical (unpaired) electrons. The van der Waals surface area contributed by atoms with Crippen molar-refractivity contribution in [3.05, 3.63) is 53.1 Å². The van der Waals surface area contributed by atoms with Crippen LogP contribution >= 0.6 is 0 Å². The van der Waals surface area contributed by atoms with Gasteiger partial charge in [0.1, 0.15) is 34.8 Å². The summed E-state index contributed by atoms with van der Waals surface area (Å²) in [5, 5.41) is 14.4. The van der Waals surface area contributed by atoms with Crippen LogP contribution in [0.2, 0.25) is 0 Å². The maximum Gasteiger partial charge on any atom is 0.379 e. The molecule has 0 saturated heterocycles. The number of aliphatic hydroxyl groups excluding tert-OH is 1. The number of ether oxygens (including phenoxy) is 1. The molecular weight excluding hydrogens is 366 g/mol. The number of nitriles is 1. The van der Waals surface area contributed by atoms with Crippen LogP contribution in [0.25, 0.3) is 0 Å². The Morgan fingerprint density at radius 3 is 2.32 bits per heavy atom. The Labute approximate surface area is 138 Å². The third-order valence-electron chi connectivity index (χ3n) is 3.58. The highest BCUT2D eigenvalue weighted by Crippen LogP contribution is 2.51. The van der Waals surface area contributed by atoms with Crippen LogP contribution in [0.15, 0.2) is 35.2 Å². The average molecular weight is 373 g/mol. The van der Waals surface area contributed by atoms with Crippen molar-refractivity contribution in [2.24, 2.45) is 0 Å². The van der Waals surface area contributed by atoms with Crippen LogP contribution in [0.1, 0.15) is 17.2 Å². The van der Waals surface area contributed by atoms with E-state index in [-0.39, 0.29) is 5.75 Å². The molecule has 1 atom stereocenters. The number of hydrogen-bond acceptors (Lipinski definition) is 5. The van der Waals surface area contributed by atoms with Gasteiger partial charge in [0.25, 0.3) is 0 Å².